The van der Waals surface area contributed by atoms with Crippen LogP contribution >= 0.6 is 12.2 Å². The Balaban J connectivity index is 2.14. The summed E-state index contributed by atoms with van der Waals surface area (Å²) in [7, 11) is -3.63. The van der Waals surface area contributed by atoms with Crippen molar-refractivity contribution in [2.24, 2.45) is 0 Å². The summed E-state index contributed by atoms with van der Waals surface area (Å²) in [5.74, 6) is 0.695. The molecule has 0 unspecified atom stereocenters. The van der Waals surface area contributed by atoms with Gasteiger partial charge >= 0.3 is 0 Å². The zero-order chi connectivity index (χ0) is 16.0. The molecule has 0 aliphatic heterocycles. The van der Waals surface area contributed by atoms with Gasteiger partial charge in [-0.05, 0) is 55.5 Å². The second-order valence-electron chi connectivity index (χ2n) is 4.35. The Morgan fingerprint density at radius 2 is 1.64 bits per heavy atom. The molecule has 116 valence electrons. The average molecular weight is 336 g/mol. The maximum absolute atomic E-state index is 12.3. The molecule has 0 bridgehead atoms. The first-order valence-corrected chi connectivity index (χ1v) is 8.56. The summed E-state index contributed by atoms with van der Waals surface area (Å²) >= 11 is 4.68. The molecule has 2 aromatic rings. The summed E-state index contributed by atoms with van der Waals surface area (Å²) in [5.41, 5.74) is 2.57. The van der Waals surface area contributed by atoms with E-state index in [0.717, 1.165) is 5.69 Å². The van der Waals surface area contributed by atoms with E-state index in [2.05, 4.69) is 22.3 Å². The molecule has 0 heterocycles. The van der Waals surface area contributed by atoms with E-state index >= 15 is 0 Å². The summed E-state index contributed by atoms with van der Waals surface area (Å²) in [6.07, 6.45) is 0. The molecule has 0 aliphatic rings. The Labute approximate surface area is 135 Å². The zero-order valence-electron chi connectivity index (χ0n) is 11.9. The third-order valence-electron chi connectivity index (χ3n) is 2.81. The van der Waals surface area contributed by atoms with Crippen LogP contribution in [-0.2, 0) is 10.0 Å². The molecule has 2 N–H and O–H groups in total. The fourth-order valence-corrected chi connectivity index (χ4v) is 2.99. The highest BCUT2D eigenvalue weighted by molar-refractivity contribution is 7.92. The standard InChI is InChI=1S/C15H16N2O3S2/c1-2-20-14-7-3-13(4-8-14)17-22(18,19)15-9-5-12(6-10-15)16-11-21/h3-11,17H,2H2,1H3,(H,16,21). The van der Waals surface area contributed by atoms with Gasteiger partial charge in [-0.1, -0.05) is 12.2 Å². The topological polar surface area (TPSA) is 67.4 Å². The van der Waals surface area contributed by atoms with Gasteiger partial charge in [-0.3, -0.25) is 4.72 Å². The van der Waals surface area contributed by atoms with E-state index in [-0.39, 0.29) is 4.90 Å². The molecule has 0 amide bonds. The molecule has 7 heteroatoms. The third-order valence-corrected chi connectivity index (χ3v) is 4.32. The van der Waals surface area contributed by atoms with E-state index in [1.807, 2.05) is 6.92 Å². The van der Waals surface area contributed by atoms with Gasteiger partial charge in [-0.2, -0.15) is 0 Å². The van der Waals surface area contributed by atoms with Crippen molar-refractivity contribution in [2.45, 2.75) is 11.8 Å². The SMILES string of the molecule is CCOc1ccc(NS(=O)(=O)c2ccc(NC=S)cc2)cc1. The first kappa shape index (κ1) is 16.3. The van der Waals surface area contributed by atoms with Crippen molar-refractivity contribution in [1.82, 2.24) is 0 Å². The number of ether oxygens (including phenoxy) is 1. The Morgan fingerprint density at radius 3 is 2.18 bits per heavy atom. The maximum Gasteiger partial charge on any atom is 0.261 e. The van der Waals surface area contributed by atoms with Gasteiger partial charge in [0, 0.05) is 11.4 Å². The summed E-state index contributed by atoms with van der Waals surface area (Å²) < 4.78 is 32.4. The normalized spacial score (nSPS) is 10.8. The van der Waals surface area contributed by atoms with Gasteiger partial charge < -0.3 is 10.1 Å². The highest BCUT2D eigenvalue weighted by Gasteiger charge is 2.13. The lowest BCUT2D eigenvalue weighted by Gasteiger charge is -2.09. The van der Waals surface area contributed by atoms with Crippen molar-refractivity contribution < 1.29 is 13.2 Å². The Bertz CT molecular complexity index is 726. The Hall–Kier alpha value is -2.12. The molecule has 22 heavy (non-hydrogen) atoms. The van der Waals surface area contributed by atoms with Gasteiger partial charge in [0.05, 0.1) is 17.0 Å². The van der Waals surface area contributed by atoms with Crippen molar-refractivity contribution in [3.05, 3.63) is 48.5 Å². The molecule has 0 saturated heterocycles. The van der Waals surface area contributed by atoms with Crippen LogP contribution in [0, 0.1) is 0 Å². The van der Waals surface area contributed by atoms with Crippen molar-refractivity contribution in [3.8, 4) is 5.75 Å². The highest BCUT2D eigenvalue weighted by Crippen LogP contribution is 2.20. The molecular formula is C15H16N2O3S2. The van der Waals surface area contributed by atoms with Crippen LogP contribution in [0.3, 0.4) is 0 Å². The number of anilines is 2. The number of benzene rings is 2. The number of hydrogen-bond acceptors (Lipinski definition) is 4. The molecule has 0 radical (unpaired) electrons. The van der Waals surface area contributed by atoms with Crippen molar-refractivity contribution >= 4 is 39.1 Å². The molecule has 0 saturated carbocycles. The lowest BCUT2D eigenvalue weighted by molar-refractivity contribution is 0.340. The lowest BCUT2D eigenvalue weighted by Crippen LogP contribution is -2.12. The molecule has 0 spiro atoms. The minimum atomic E-state index is -3.63. The van der Waals surface area contributed by atoms with Crippen LogP contribution in [0.1, 0.15) is 6.92 Å². The van der Waals surface area contributed by atoms with E-state index in [1.165, 1.54) is 17.6 Å². The average Bonchev–Trinajstić information content (AvgIpc) is 2.50. The maximum atomic E-state index is 12.3. The number of hydrogen-bond donors (Lipinski definition) is 2. The second kappa shape index (κ2) is 7.24. The highest BCUT2D eigenvalue weighted by atomic mass is 32.2. The van der Waals surface area contributed by atoms with Gasteiger partial charge in [0.25, 0.3) is 10.0 Å². The third kappa shape index (κ3) is 4.19. The predicted molar refractivity (Wildman–Crippen MR) is 92.1 cm³/mol. The molecule has 2 rings (SSSR count). The van der Waals surface area contributed by atoms with E-state index < -0.39 is 10.0 Å². The van der Waals surface area contributed by atoms with Crippen LogP contribution in [0.15, 0.2) is 53.4 Å². The number of nitrogens with one attached hydrogen (secondary N) is 2. The fourth-order valence-electron chi connectivity index (χ4n) is 1.80. The summed E-state index contributed by atoms with van der Waals surface area (Å²) in [4.78, 5) is 0.177. The van der Waals surface area contributed by atoms with Crippen LogP contribution < -0.4 is 14.8 Å². The first-order valence-electron chi connectivity index (χ1n) is 6.61. The number of sulfonamides is 1. The van der Waals surface area contributed by atoms with Gasteiger partial charge in [0.15, 0.2) is 0 Å². The van der Waals surface area contributed by atoms with E-state index in [0.29, 0.717) is 18.0 Å². The minimum Gasteiger partial charge on any atom is -0.494 e. The molecule has 0 atom stereocenters. The van der Waals surface area contributed by atoms with E-state index in [9.17, 15) is 8.42 Å². The molecule has 2 aromatic carbocycles. The van der Waals surface area contributed by atoms with Crippen LogP contribution in [0.5, 0.6) is 5.75 Å². The van der Waals surface area contributed by atoms with E-state index in [4.69, 9.17) is 4.74 Å². The summed E-state index contributed by atoms with van der Waals surface area (Å²) in [6.45, 7) is 2.45. The largest absolute Gasteiger partial charge is 0.494 e. The predicted octanol–water partition coefficient (Wildman–Crippen LogP) is 3.26. The zero-order valence-corrected chi connectivity index (χ0v) is 13.6. The van der Waals surface area contributed by atoms with Crippen molar-refractivity contribution in [1.29, 1.82) is 0 Å². The Morgan fingerprint density at radius 1 is 1.05 bits per heavy atom. The van der Waals surface area contributed by atoms with Crippen molar-refractivity contribution in [2.75, 3.05) is 16.6 Å². The van der Waals surface area contributed by atoms with Crippen LogP contribution in [0.2, 0.25) is 0 Å². The molecule has 0 aliphatic carbocycles. The van der Waals surface area contributed by atoms with Crippen LogP contribution in [-0.4, -0.2) is 20.5 Å². The molecule has 0 fully saturated rings. The quantitative estimate of drug-likeness (QED) is 0.760. The van der Waals surface area contributed by atoms with Crippen LogP contribution in [0.4, 0.5) is 11.4 Å². The smallest absolute Gasteiger partial charge is 0.261 e. The molecule has 0 aromatic heterocycles. The van der Waals surface area contributed by atoms with Gasteiger partial charge in [-0.25, -0.2) is 8.42 Å². The number of thiocarbonyl (C=S) groups is 1. The lowest BCUT2D eigenvalue weighted by atomic mass is 10.3. The summed E-state index contributed by atoms with van der Waals surface area (Å²) in [6, 6.07) is 13.1. The Kier molecular flexibility index (Phi) is 5.35. The van der Waals surface area contributed by atoms with Gasteiger partial charge in [0.2, 0.25) is 0 Å². The van der Waals surface area contributed by atoms with Gasteiger partial charge in [-0.15, -0.1) is 0 Å². The summed E-state index contributed by atoms with van der Waals surface area (Å²) in [5, 5.41) is 2.81. The first-order chi connectivity index (χ1) is 10.5. The van der Waals surface area contributed by atoms with Gasteiger partial charge in [0.1, 0.15) is 5.75 Å². The van der Waals surface area contributed by atoms with Crippen LogP contribution in [0.25, 0.3) is 0 Å². The monoisotopic (exact) mass is 336 g/mol. The molecular weight excluding hydrogens is 320 g/mol. The molecule has 5 nitrogen and oxygen atoms in total. The van der Waals surface area contributed by atoms with Crippen molar-refractivity contribution in [3.63, 3.8) is 0 Å². The van der Waals surface area contributed by atoms with E-state index in [1.54, 1.807) is 36.4 Å². The fraction of sp³-hybridized carbons (Fsp3) is 0.133. The minimum absolute atomic E-state index is 0.177. The number of rotatable bonds is 7. The second-order valence-corrected chi connectivity index (χ2v) is 6.27.